The second-order valence-electron chi connectivity index (χ2n) is 2.57. The van der Waals surface area contributed by atoms with Gasteiger partial charge in [0.1, 0.15) is 0 Å². The van der Waals surface area contributed by atoms with Gasteiger partial charge in [0.05, 0.1) is 52.7 Å². The lowest BCUT2D eigenvalue weighted by Crippen LogP contribution is -2.10. The molecule has 76 valence electrons. The number of azo groups is 1. The molecule has 1 aliphatic rings. The highest BCUT2D eigenvalue weighted by Gasteiger charge is 1.92. The van der Waals surface area contributed by atoms with E-state index in [1.54, 1.807) is 0 Å². The van der Waals surface area contributed by atoms with Crippen molar-refractivity contribution in [3.63, 3.8) is 0 Å². The van der Waals surface area contributed by atoms with Crippen LogP contribution in [0.1, 0.15) is 0 Å². The fraction of sp³-hybridized carbons (Fsp3) is 1.00. The number of hydrogen-bond acceptors (Lipinski definition) is 5. The third kappa shape index (κ3) is 6.62. The summed E-state index contributed by atoms with van der Waals surface area (Å²) in [6, 6.07) is 0. The third-order valence-corrected chi connectivity index (χ3v) is 1.52. The molecule has 5 nitrogen and oxygen atoms in total. The van der Waals surface area contributed by atoms with Gasteiger partial charge in [-0.2, -0.15) is 10.2 Å². The van der Waals surface area contributed by atoms with Gasteiger partial charge in [-0.25, -0.2) is 0 Å². The van der Waals surface area contributed by atoms with E-state index >= 15 is 0 Å². The molecule has 5 heteroatoms. The predicted molar refractivity (Wildman–Crippen MR) is 47.0 cm³/mol. The molecule has 0 aromatic rings. The monoisotopic (exact) mass is 188 g/mol. The van der Waals surface area contributed by atoms with Crippen LogP contribution in [0.3, 0.4) is 0 Å². The molecule has 1 aliphatic heterocycles. The Morgan fingerprint density at radius 2 is 0.923 bits per heavy atom. The highest BCUT2D eigenvalue weighted by Crippen LogP contribution is 1.85. The van der Waals surface area contributed by atoms with Crippen molar-refractivity contribution in [2.45, 2.75) is 0 Å². The summed E-state index contributed by atoms with van der Waals surface area (Å²) >= 11 is 0. The van der Waals surface area contributed by atoms with E-state index in [1.165, 1.54) is 0 Å². The second-order valence-corrected chi connectivity index (χ2v) is 2.57. The van der Waals surface area contributed by atoms with Crippen LogP contribution in [0.4, 0.5) is 0 Å². The van der Waals surface area contributed by atoms with Gasteiger partial charge < -0.3 is 14.2 Å². The molecule has 0 atom stereocenters. The largest absolute Gasteiger partial charge is 0.377 e. The van der Waals surface area contributed by atoms with E-state index in [0.29, 0.717) is 52.7 Å². The fourth-order valence-corrected chi connectivity index (χ4v) is 0.894. The maximum absolute atomic E-state index is 5.24. The average molecular weight is 188 g/mol. The Kier molecular flexibility index (Phi) is 6.58. The molecular formula is C8H16N2O3. The molecule has 0 unspecified atom stereocenters. The molecule has 0 fully saturated rings. The second kappa shape index (κ2) is 8.10. The minimum Gasteiger partial charge on any atom is -0.377 e. The predicted octanol–water partition coefficient (Wildman–Crippen LogP) is 0.502. The average Bonchev–Trinajstić information content (AvgIpc) is 2.18. The zero-order chi connectivity index (χ0) is 9.19. The first-order valence-corrected chi connectivity index (χ1v) is 4.56. The van der Waals surface area contributed by atoms with Crippen LogP contribution in [0, 0.1) is 0 Å². The van der Waals surface area contributed by atoms with Crippen LogP contribution in [0.15, 0.2) is 10.2 Å². The van der Waals surface area contributed by atoms with Gasteiger partial charge in [0.2, 0.25) is 0 Å². The Labute approximate surface area is 78.1 Å². The van der Waals surface area contributed by atoms with Crippen LogP contribution in [0.5, 0.6) is 0 Å². The summed E-state index contributed by atoms with van der Waals surface area (Å²) in [5.74, 6) is 0. The van der Waals surface area contributed by atoms with Crippen LogP contribution < -0.4 is 0 Å². The summed E-state index contributed by atoms with van der Waals surface area (Å²) < 4.78 is 15.7. The quantitative estimate of drug-likeness (QED) is 0.556. The molecule has 0 bridgehead atoms. The topological polar surface area (TPSA) is 52.4 Å². The molecule has 0 aliphatic carbocycles. The van der Waals surface area contributed by atoms with Gasteiger partial charge in [0, 0.05) is 0 Å². The molecule has 0 spiro atoms. The van der Waals surface area contributed by atoms with Gasteiger partial charge >= 0.3 is 0 Å². The van der Waals surface area contributed by atoms with Gasteiger partial charge in [-0.05, 0) is 0 Å². The Balaban J connectivity index is 2.09. The van der Waals surface area contributed by atoms with Crippen LogP contribution in [0.2, 0.25) is 0 Å². The standard InChI is InChI=1S/C8H16N2O3/c1-3-11-5-7-13-8-6-12-4-2-10-9-1/h1-8H2. The third-order valence-electron chi connectivity index (χ3n) is 1.52. The molecular weight excluding hydrogens is 172 g/mol. The SMILES string of the molecule is C1COCCOCCOCCN=N1. The maximum atomic E-state index is 5.24. The van der Waals surface area contributed by atoms with E-state index in [9.17, 15) is 0 Å². The molecule has 1 rings (SSSR count). The highest BCUT2D eigenvalue weighted by molar-refractivity contribution is 4.42. The Morgan fingerprint density at radius 1 is 0.538 bits per heavy atom. The van der Waals surface area contributed by atoms with Crippen molar-refractivity contribution in [3.8, 4) is 0 Å². The van der Waals surface area contributed by atoms with E-state index in [0.717, 1.165) is 0 Å². The summed E-state index contributed by atoms with van der Waals surface area (Å²) in [5.41, 5.74) is 0. The Morgan fingerprint density at radius 3 is 1.38 bits per heavy atom. The molecule has 0 saturated carbocycles. The molecule has 1 heterocycles. The Hall–Kier alpha value is -0.520. The van der Waals surface area contributed by atoms with Gasteiger partial charge in [0.15, 0.2) is 0 Å². The molecule has 0 aromatic carbocycles. The lowest BCUT2D eigenvalue weighted by Gasteiger charge is -2.04. The van der Waals surface area contributed by atoms with Crippen molar-refractivity contribution >= 4 is 0 Å². The minimum absolute atomic E-state index is 0.619. The molecule has 0 aromatic heterocycles. The first-order valence-electron chi connectivity index (χ1n) is 4.56. The van der Waals surface area contributed by atoms with Crippen molar-refractivity contribution in [3.05, 3.63) is 0 Å². The van der Waals surface area contributed by atoms with E-state index in [2.05, 4.69) is 10.2 Å². The van der Waals surface area contributed by atoms with Crippen LogP contribution in [-0.2, 0) is 14.2 Å². The minimum atomic E-state index is 0.619. The smallest absolute Gasteiger partial charge is 0.0832 e. The Bertz CT molecular complexity index is 127. The van der Waals surface area contributed by atoms with Crippen molar-refractivity contribution in [1.82, 2.24) is 0 Å². The van der Waals surface area contributed by atoms with Crippen LogP contribution in [-0.4, -0.2) is 52.7 Å². The maximum Gasteiger partial charge on any atom is 0.0832 e. The molecule has 0 saturated heterocycles. The van der Waals surface area contributed by atoms with Crippen LogP contribution in [0.25, 0.3) is 0 Å². The lowest BCUT2D eigenvalue weighted by atomic mass is 10.7. The number of ether oxygens (including phenoxy) is 3. The zero-order valence-corrected chi connectivity index (χ0v) is 7.78. The van der Waals surface area contributed by atoms with Gasteiger partial charge in [-0.15, -0.1) is 0 Å². The van der Waals surface area contributed by atoms with Gasteiger partial charge in [-0.3, -0.25) is 0 Å². The summed E-state index contributed by atoms with van der Waals surface area (Å²) in [7, 11) is 0. The van der Waals surface area contributed by atoms with Crippen molar-refractivity contribution in [2.75, 3.05) is 52.7 Å². The van der Waals surface area contributed by atoms with Gasteiger partial charge in [-0.1, -0.05) is 0 Å². The van der Waals surface area contributed by atoms with Crippen molar-refractivity contribution in [2.24, 2.45) is 10.2 Å². The zero-order valence-electron chi connectivity index (χ0n) is 7.78. The number of nitrogens with zero attached hydrogens (tertiary/aromatic N) is 2. The highest BCUT2D eigenvalue weighted by atomic mass is 16.5. The normalized spacial score (nSPS) is 22.8. The van der Waals surface area contributed by atoms with E-state index in [-0.39, 0.29) is 0 Å². The van der Waals surface area contributed by atoms with E-state index in [4.69, 9.17) is 14.2 Å². The number of rotatable bonds is 0. The summed E-state index contributed by atoms with van der Waals surface area (Å²) in [5, 5.41) is 7.83. The molecule has 0 radical (unpaired) electrons. The lowest BCUT2D eigenvalue weighted by molar-refractivity contribution is 0.0188. The first-order chi connectivity index (χ1) is 6.50. The number of hydrogen-bond donors (Lipinski definition) is 0. The summed E-state index contributed by atoms with van der Waals surface area (Å²) in [4.78, 5) is 0. The van der Waals surface area contributed by atoms with E-state index in [1.807, 2.05) is 0 Å². The van der Waals surface area contributed by atoms with Crippen LogP contribution >= 0.6 is 0 Å². The van der Waals surface area contributed by atoms with Crippen molar-refractivity contribution in [1.29, 1.82) is 0 Å². The molecule has 13 heavy (non-hydrogen) atoms. The van der Waals surface area contributed by atoms with Gasteiger partial charge in [0.25, 0.3) is 0 Å². The first kappa shape index (κ1) is 10.6. The summed E-state index contributed by atoms with van der Waals surface area (Å²) in [6.45, 7) is 4.98. The molecule has 0 N–H and O–H groups in total. The van der Waals surface area contributed by atoms with Crippen molar-refractivity contribution < 1.29 is 14.2 Å². The summed E-state index contributed by atoms with van der Waals surface area (Å²) in [6.07, 6.45) is 0. The van der Waals surface area contributed by atoms with E-state index < -0.39 is 0 Å². The fourth-order valence-electron chi connectivity index (χ4n) is 0.894. The molecule has 0 amide bonds.